The van der Waals surface area contributed by atoms with E-state index in [-0.39, 0.29) is 12.1 Å². The Balaban J connectivity index is 2.06. The first-order valence-electron chi connectivity index (χ1n) is 8.06. The molecular weight excluding hydrogens is 248 g/mol. The summed E-state index contributed by atoms with van der Waals surface area (Å²) in [5, 5.41) is 0. The van der Waals surface area contributed by atoms with Crippen LogP contribution in [0.1, 0.15) is 63.5 Å². The largest absolute Gasteiger partial charge is 0.465 e. The summed E-state index contributed by atoms with van der Waals surface area (Å²) in [5.74, 6) is 2.91. The minimum Gasteiger partial charge on any atom is -0.465 e. The molecule has 0 aromatic carbocycles. The molecule has 1 heterocycles. The van der Waals surface area contributed by atoms with Gasteiger partial charge in [0, 0.05) is 12.1 Å². The number of hydrogen-bond acceptors (Lipinski definition) is 3. The fourth-order valence-electron chi connectivity index (χ4n) is 3.63. The molecule has 3 heteroatoms. The molecule has 0 amide bonds. The van der Waals surface area contributed by atoms with E-state index in [1.54, 1.807) is 0 Å². The Labute approximate surface area is 123 Å². The summed E-state index contributed by atoms with van der Waals surface area (Å²) >= 11 is 0. The monoisotopic (exact) mass is 278 g/mol. The maximum absolute atomic E-state index is 6.24. The van der Waals surface area contributed by atoms with Crippen molar-refractivity contribution >= 4 is 0 Å². The highest BCUT2D eigenvalue weighted by Gasteiger charge is 2.31. The number of nitrogens with zero attached hydrogens (tertiary/aromatic N) is 1. The molecule has 1 aromatic heterocycles. The van der Waals surface area contributed by atoms with Crippen LogP contribution in [0.25, 0.3) is 0 Å². The van der Waals surface area contributed by atoms with Gasteiger partial charge in [-0.15, -0.1) is 0 Å². The Morgan fingerprint density at radius 2 is 1.95 bits per heavy atom. The van der Waals surface area contributed by atoms with Crippen molar-refractivity contribution in [2.75, 3.05) is 7.05 Å². The number of furan rings is 1. The zero-order valence-electron chi connectivity index (χ0n) is 13.4. The summed E-state index contributed by atoms with van der Waals surface area (Å²) in [6.07, 6.45) is 6.61. The van der Waals surface area contributed by atoms with E-state index in [1.807, 2.05) is 13.0 Å². The Kier molecular flexibility index (Phi) is 5.28. The summed E-state index contributed by atoms with van der Waals surface area (Å²) in [6, 6.07) is 5.02. The summed E-state index contributed by atoms with van der Waals surface area (Å²) < 4.78 is 5.84. The standard InChI is InChI=1S/C17H30N2O/c1-5-14-7-9-15(10-8-14)19(4)17(13(3)18)16-11-6-12(2)20-16/h6,11,13-15,17H,5,7-10,18H2,1-4H3. The van der Waals surface area contributed by atoms with Gasteiger partial charge in [0.15, 0.2) is 0 Å². The molecule has 0 bridgehead atoms. The smallest absolute Gasteiger partial charge is 0.122 e. The van der Waals surface area contributed by atoms with E-state index >= 15 is 0 Å². The van der Waals surface area contributed by atoms with Gasteiger partial charge in [-0.05, 0) is 64.6 Å². The van der Waals surface area contributed by atoms with Crippen LogP contribution >= 0.6 is 0 Å². The van der Waals surface area contributed by atoms with Crippen molar-refractivity contribution in [2.45, 2.75) is 71.0 Å². The lowest BCUT2D eigenvalue weighted by Crippen LogP contribution is -2.44. The van der Waals surface area contributed by atoms with Crippen LogP contribution in [-0.4, -0.2) is 24.0 Å². The molecule has 2 unspecified atom stereocenters. The molecule has 2 rings (SSSR count). The summed E-state index contributed by atoms with van der Waals surface area (Å²) in [4.78, 5) is 2.45. The first kappa shape index (κ1) is 15.6. The molecule has 0 spiro atoms. The number of nitrogens with two attached hydrogens (primary N) is 1. The van der Waals surface area contributed by atoms with Crippen molar-refractivity contribution in [3.8, 4) is 0 Å². The summed E-state index contributed by atoms with van der Waals surface area (Å²) in [7, 11) is 2.21. The van der Waals surface area contributed by atoms with Crippen molar-refractivity contribution in [3.05, 3.63) is 23.7 Å². The first-order chi connectivity index (χ1) is 9.52. The minimum absolute atomic E-state index is 0.0782. The molecule has 1 aromatic rings. The SMILES string of the molecule is CCC1CCC(N(C)C(c2ccc(C)o2)C(C)N)CC1. The fraction of sp³-hybridized carbons (Fsp3) is 0.765. The lowest BCUT2D eigenvalue weighted by atomic mass is 9.83. The molecular formula is C17H30N2O. The van der Waals surface area contributed by atoms with Crippen LogP contribution in [-0.2, 0) is 0 Å². The van der Waals surface area contributed by atoms with Crippen LogP contribution in [0, 0.1) is 12.8 Å². The topological polar surface area (TPSA) is 42.4 Å². The first-order valence-corrected chi connectivity index (χ1v) is 8.06. The van der Waals surface area contributed by atoms with Crippen LogP contribution in [0.5, 0.6) is 0 Å². The van der Waals surface area contributed by atoms with Gasteiger partial charge in [-0.25, -0.2) is 0 Å². The van der Waals surface area contributed by atoms with Gasteiger partial charge in [0.05, 0.1) is 6.04 Å². The van der Waals surface area contributed by atoms with Gasteiger partial charge in [-0.2, -0.15) is 0 Å². The Hall–Kier alpha value is -0.800. The van der Waals surface area contributed by atoms with Crippen LogP contribution < -0.4 is 5.73 Å². The molecule has 3 nitrogen and oxygen atoms in total. The van der Waals surface area contributed by atoms with Crippen LogP contribution in [0.2, 0.25) is 0 Å². The van der Waals surface area contributed by atoms with Crippen molar-refractivity contribution in [1.29, 1.82) is 0 Å². The molecule has 0 radical (unpaired) electrons. The van der Waals surface area contributed by atoms with Crippen LogP contribution in [0.3, 0.4) is 0 Å². The zero-order valence-corrected chi connectivity index (χ0v) is 13.4. The van der Waals surface area contributed by atoms with E-state index in [9.17, 15) is 0 Å². The van der Waals surface area contributed by atoms with Gasteiger partial charge >= 0.3 is 0 Å². The Morgan fingerprint density at radius 3 is 2.40 bits per heavy atom. The molecule has 114 valence electrons. The third-order valence-electron chi connectivity index (χ3n) is 4.96. The Morgan fingerprint density at radius 1 is 1.30 bits per heavy atom. The highest BCUT2D eigenvalue weighted by molar-refractivity contribution is 5.12. The van der Waals surface area contributed by atoms with Crippen molar-refractivity contribution < 1.29 is 4.42 Å². The normalized spacial score (nSPS) is 26.7. The number of rotatable bonds is 5. The molecule has 0 aliphatic heterocycles. The minimum atomic E-state index is 0.0782. The van der Waals surface area contributed by atoms with Gasteiger partial charge in [0.2, 0.25) is 0 Å². The second-order valence-electron chi connectivity index (χ2n) is 6.50. The van der Waals surface area contributed by atoms with Gasteiger partial charge in [-0.1, -0.05) is 13.3 Å². The van der Waals surface area contributed by atoms with Gasteiger partial charge in [0.25, 0.3) is 0 Å². The van der Waals surface area contributed by atoms with Gasteiger partial charge in [0.1, 0.15) is 11.5 Å². The number of hydrogen-bond donors (Lipinski definition) is 1. The van der Waals surface area contributed by atoms with Gasteiger partial charge < -0.3 is 10.2 Å². The predicted molar refractivity (Wildman–Crippen MR) is 83.6 cm³/mol. The lowest BCUT2D eigenvalue weighted by Gasteiger charge is -2.39. The van der Waals surface area contributed by atoms with E-state index in [0.29, 0.717) is 6.04 Å². The molecule has 0 saturated heterocycles. The zero-order chi connectivity index (χ0) is 14.7. The number of aryl methyl sites for hydroxylation is 1. The highest BCUT2D eigenvalue weighted by Crippen LogP contribution is 2.34. The number of likely N-dealkylation sites (N-methyl/N-ethyl adjacent to an activating group) is 1. The second kappa shape index (κ2) is 6.77. The average molecular weight is 278 g/mol. The maximum atomic E-state index is 6.24. The van der Waals surface area contributed by atoms with Crippen LogP contribution in [0.15, 0.2) is 16.5 Å². The highest BCUT2D eigenvalue weighted by atomic mass is 16.3. The average Bonchev–Trinajstić information content (AvgIpc) is 2.85. The Bertz CT molecular complexity index is 405. The second-order valence-corrected chi connectivity index (χ2v) is 6.50. The van der Waals surface area contributed by atoms with Crippen molar-refractivity contribution in [2.24, 2.45) is 11.7 Å². The summed E-state index contributed by atoms with van der Waals surface area (Å²) in [5.41, 5.74) is 6.24. The summed E-state index contributed by atoms with van der Waals surface area (Å²) in [6.45, 7) is 6.38. The molecule has 1 aliphatic carbocycles. The quantitative estimate of drug-likeness (QED) is 0.889. The molecule has 2 atom stereocenters. The van der Waals surface area contributed by atoms with Gasteiger partial charge in [-0.3, -0.25) is 4.90 Å². The third-order valence-corrected chi connectivity index (χ3v) is 4.96. The van der Waals surface area contributed by atoms with E-state index in [1.165, 1.54) is 32.1 Å². The molecule has 2 N–H and O–H groups in total. The third kappa shape index (κ3) is 3.44. The maximum Gasteiger partial charge on any atom is 0.122 e. The van der Waals surface area contributed by atoms with Crippen LogP contribution in [0.4, 0.5) is 0 Å². The molecule has 1 saturated carbocycles. The lowest BCUT2D eigenvalue weighted by molar-refractivity contribution is 0.0945. The van der Waals surface area contributed by atoms with E-state index in [2.05, 4.69) is 31.9 Å². The van der Waals surface area contributed by atoms with E-state index in [4.69, 9.17) is 10.2 Å². The molecule has 1 fully saturated rings. The van der Waals surface area contributed by atoms with E-state index < -0.39 is 0 Å². The predicted octanol–water partition coefficient (Wildman–Crippen LogP) is 3.88. The van der Waals surface area contributed by atoms with Crippen molar-refractivity contribution in [3.63, 3.8) is 0 Å². The fourth-order valence-corrected chi connectivity index (χ4v) is 3.63. The van der Waals surface area contributed by atoms with E-state index in [0.717, 1.165) is 17.4 Å². The van der Waals surface area contributed by atoms with Crippen molar-refractivity contribution in [1.82, 2.24) is 4.90 Å². The molecule has 20 heavy (non-hydrogen) atoms. The molecule has 1 aliphatic rings.